The zero-order valence-corrected chi connectivity index (χ0v) is 19.3. The Kier molecular flexibility index (Phi) is 4.39. The van der Waals surface area contributed by atoms with E-state index in [9.17, 15) is 9.59 Å². The van der Waals surface area contributed by atoms with Crippen LogP contribution in [0.3, 0.4) is 0 Å². The van der Waals surface area contributed by atoms with E-state index in [1.54, 1.807) is 0 Å². The summed E-state index contributed by atoms with van der Waals surface area (Å²) in [5.74, 6) is 0.211. The fourth-order valence-electron chi connectivity index (χ4n) is 5.05. The fourth-order valence-corrected chi connectivity index (χ4v) is 5.05. The maximum Gasteiger partial charge on any atom is 0.303 e. The summed E-state index contributed by atoms with van der Waals surface area (Å²) in [6, 6.07) is 14.0. The summed E-state index contributed by atoms with van der Waals surface area (Å²) < 4.78 is 14.3. The number of hydrogen-bond acceptors (Lipinski definition) is 4. The number of aromatic nitrogens is 1. The quantitative estimate of drug-likeness (QED) is 0.293. The Morgan fingerprint density at radius 1 is 1.12 bits per heavy atom. The number of nitrogens with zero attached hydrogens (tertiary/aromatic N) is 1. The van der Waals surface area contributed by atoms with Crippen LogP contribution in [0.25, 0.3) is 32.6 Å². The first-order valence-corrected chi connectivity index (χ1v) is 10.9. The zero-order chi connectivity index (χ0) is 22.9. The molecule has 0 fully saturated rings. The summed E-state index contributed by atoms with van der Waals surface area (Å²) >= 11 is 0. The monoisotopic (exact) mass is 429 g/mol. The highest BCUT2D eigenvalue weighted by Gasteiger charge is 2.44. The van der Waals surface area contributed by atoms with Crippen LogP contribution in [0.1, 0.15) is 44.9 Å². The van der Waals surface area contributed by atoms with Crippen molar-refractivity contribution in [3.8, 4) is 5.75 Å². The molecule has 4 aromatic rings. The van der Waals surface area contributed by atoms with Crippen LogP contribution in [0.5, 0.6) is 5.75 Å². The van der Waals surface area contributed by atoms with E-state index in [0.717, 1.165) is 32.9 Å². The molecule has 0 bridgehead atoms. The maximum absolute atomic E-state index is 13.8. The van der Waals surface area contributed by atoms with E-state index in [0.29, 0.717) is 16.5 Å². The van der Waals surface area contributed by atoms with Gasteiger partial charge in [-0.3, -0.25) is 9.59 Å². The van der Waals surface area contributed by atoms with E-state index in [4.69, 9.17) is 9.47 Å². The molecule has 3 aromatic carbocycles. The zero-order valence-electron chi connectivity index (χ0n) is 19.3. The molecule has 0 N–H and O–H groups in total. The van der Waals surface area contributed by atoms with Gasteiger partial charge in [0.25, 0.3) is 0 Å². The number of carbonyl (C=O) groups excluding carboxylic acids is 1. The van der Waals surface area contributed by atoms with Crippen molar-refractivity contribution in [2.75, 3.05) is 0 Å². The van der Waals surface area contributed by atoms with Crippen molar-refractivity contribution >= 4 is 38.5 Å². The van der Waals surface area contributed by atoms with Gasteiger partial charge in [-0.2, -0.15) is 0 Å². The van der Waals surface area contributed by atoms with Crippen molar-refractivity contribution in [1.29, 1.82) is 0 Å². The lowest BCUT2D eigenvalue weighted by Gasteiger charge is -2.43. The smallest absolute Gasteiger partial charge is 0.303 e. The van der Waals surface area contributed by atoms with Gasteiger partial charge in [0.05, 0.1) is 16.6 Å². The first kappa shape index (κ1) is 20.6. The Morgan fingerprint density at radius 3 is 2.44 bits per heavy atom. The maximum atomic E-state index is 13.8. The highest BCUT2D eigenvalue weighted by molar-refractivity contribution is 6.03. The number of esters is 1. The lowest BCUT2D eigenvalue weighted by Crippen LogP contribution is -2.44. The molecule has 2 atom stereocenters. The van der Waals surface area contributed by atoms with Gasteiger partial charge >= 0.3 is 5.97 Å². The largest absolute Gasteiger partial charge is 0.487 e. The van der Waals surface area contributed by atoms with E-state index in [-0.39, 0.29) is 17.3 Å². The second-order valence-electron chi connectivity index (χ2n) is 9.46. The summed E-state index contributed by atoms with van der Waals surface area (Å²) in [5.41, 5.74) is 2.68. The standard InChI is InChI=1S/C27H27NO4/c1-14-11-21-23(26(31-16(3)29)15(2)27(4,5)32-21)24-22(14)25(30)19-12-17-9-7-8-10-18(17)13-20(19)28(24)6/h7-13,15,26H,1-6H3. The Labute approximate surface area is 186 Å². The van der Waals surface area contributed by atoms with Crippen molar-refractivity contribution in [2.45, 2.75) is 46.3 Å². The number of rotatable bonds is 1. The predicted molar refractivity (Wildman–Crippen MR) is 127 cm³/mol. The summed E-state index contributed by atoms with van der Waals surface area (Å²) in [5, 5.41) is 3.42. The van der Waals surface area contributed by atoms with Crippen LogP contribution in [0.2, 0.25) is 0 Å². The molecule has 2 heterocycles. The molecule has 1 aliphatic heterocycles. The lowest BCUT2D eigenvalue weighted by atomic mass is 9.80. The number of fused-ring (bicyclic) bond motifs is 5. The van der Waals surface area contributed by atoms with Gasteiger partial charge in [-0.25, -0.2) is 0 Å². The third-order valence-corrected chi connectivity index (χ3v) is 7.03. The SMILES string of the molecule is CC(=O)OC1c2c(cc(C)c3c(=O)c4cc5ccccc5cc4n(C)c23)OC(C)(C)C1C. The van der Waals surface area contributed by atoms with Crippen molar-refractivity contribution in [3.63, 3.8) is 0 Å². The van der Waals surface area contributed by atoms with Gasteiger partial charge in [-0.15, -0.1) is 0 Å². The predicted octanol–water partition coefficient (Wildman–Crippen LogP) is 5.56. The Balaban J connectivity index is 1.97. The molecule has 5 heteroatoms. The molecule has 0 saturated heterocycles. The molecular formula is C27H27NO4. The van der Waals surface area contributed by atoms with E-state index in [1.165, 1.54) is 6.92 Å². The molecular weight excluding hydrogens is 402 g/mol. The molecule has 0 saturated carbocycles. The minimum atomic E-state index is -0.529. The lowest BCUT2D eigenvalue weighted by molar-refractivity contribution is -0.156. The minimum absolute atomic E-state index is 0.0155. The van der Waals surface area contributed by atoms with E-state index >= 15 is 0 Å². The molecule has 164 valence electrons. The van der Waals surface area contributed by atoms with Crippen LogP contribution in [-0.4, -0.2) is 16.1 Å². The first-order chi connectivity index (χ1) is 15.1. The van der Waals surface area contributed by atoms with Crippen molar-refractivity contribution < 1.29 is 14.3 Å². The van der Waals surface area contributed by atoms with Crippen LogP contribution in [0.15, 0.2) is 47.3 Å². The number of benzene rings is 3. The number of ether oxygens (including phenoxy) is 2. The number of carbonyl (C=O) groups is 1. The molecule has 0 aliphatic carbocycles. The molecule has 1 aromatic heterocycles. The molecule has 0 radical (unpaired) electrons. The number of pyridine rings is 1. The van der Waals surface area contributed by atoms with Gasteiger partial charge in [0.2, 0.25) is 0 Å². The first-order valence-electron chi connectivity index (χ1n) is 10.9. The average molecular weight is 430 g/mol. The van der Waals surface area contributed by atoms with Gasteiger partial charge in [0.15, 0.2) is 5.43 Å². The summed E-state index contributed by atoms with van der Waals surface area (Å²) in [7, 11) is 1.97. The molecule has 1 aliphatic rings. The topological polar surface area (TPSA) is 57.5 Å². The Morgan fingerprint density at radius 2 is 1.78 bits per heavy atom. The van der Waals surface area contributed by atoms with E-state index in [1.807, 2.05) is 71.1 Å². The van der Waals surface area contributed by atoms with Crippen molar-refractivity contribution in [3.05, 3.63) is 63.8 Å². The highest BCUT2D eigenvalue weighted by atomic mass is 16.6. The third-order valence-electron chi connectivity index (χ3n) is 7.03. The van der Waals surface area contributed by atoms with E-state index < -0.39 is 11.7 Å². The fraction of sp³-hybridized carbons (Fsp3) is 0.333. The van der Waals surface area contributed by atoms with Gasteiger partial charge in [-0.05, 0) is 55.3 Å². The molecule has 32 heavy (non-hydrogen) atoms. The van der Waals surface area contributed by atoms with Gasteiger partial charge in [0, 0.05) is 30.7 Å². The Hall–Kier alpha value is -3.34. The van der Waals surface area contributed by atoms with Crippen LogP contribution < -0.4 is 10.2 Å². The van der Waals surface area contributed by atoms with Gasteiger partial charge in [0.1, 0.15) is 17.5 Å². The third kappa shape index (κ3) is 2.84. The average Bonchev–Trinajstić information content (AvgIpc) is 2.73. The summed E-state index contributed by atoms with van der Waals surface area (Å²) in [6.45, 7) is 9.39. The molecule has 5 rings (SSSR count). The van der Waals surface area contributed by atoms with Crippen LogP contribution in [0.4, 0.5) is 0 Å². The van der Waals surface area contributed by atoms with Crippen LogP contribution in [0, 0.1) is 12.8 Å². The Bertz CT molecular complexity index is 1500. The second kappa shape index (κ2) is 6.83. The van der Waals surface area contributed by atoms with Crippen LogP contribution >= 0.6 is 0 Å². The highest BCUT2D eigenvalue weighted by Crippen LogP contribution is 2.49. The number of hydrogen-bond donors (Lipinski definition) is 0. The summed E-state index contributed by atoms with van der Waals surface area (Å²) in [4.78, 5) is 25.8. The van der Waals surface area contributed by atoms with Crippen molar-refractivity contribution in [1.82, 2.24) is 4.57 Å². The van der Waals surface area contributed by atoms with Gasteiger partial charge < -0.3 is 14.0 Å². The van der Waals surface area contributed by atoms with Crippen molar-refractivity contribution in [2.24, 2.45) is 13.0 Å². The normalized spacial score (nSPS) is 19.7. The minimum Gasteiger partial charge on any atom is -0.487 e. The van der Waals surface area contributed by atoms with Gasteiger partial charge in [-0.1, -0.05) is 31.2 Å². The second-order valence-corrected chi connectivity index (χ2v) is 9.46. The molecule has 2 unspecified atom stereocenters. The van der Waals surface area contributed by atoms with E-state index in [2.05, 4.69) is 10.6 Å². The van der Waals surface area contributed by atoms with Crippen LogP contribution in [-0.2, 0) is 16.6 Å². The molecule has 0 amide bonds. The number of aryl methyl sites for hydroxylation is 2. The summed E-state index contributed by atoms with van der Waals surface area (Å²) in [6.07, 6.45) is -0.516. The molecule has 5 nitrogen and oxygen atoms in total. The molecule has 0 spiro atoms.